The van der Waals surface area contributed by atoms with Crippen molar-refractivity contribution in [1.82, 2.24) is 15.0 Å². The average Bonchev–Trinajstić information content (AvgIpc) is 3.10. The highest BCUT2D eigenvalue weighted by Crippen LogP contribution is 2.18. The molecule has 0 amide bonds. The lowest BCUT2D eigenvalue weighted by Gasteiger charge is -2.02. The van der Waals surface area contributed by atoms with Crippen molar-refractivity contribution in [2.75, 3.05) is 0 Å². The molecule has 1 aromatic carbocycles. The van der Waals surface area contributed by atoms with Crippen molar-refractivity contribution >= 4 is 27.7 Å². The molecule has 4 rings (SSSR count). The summed E-state index contributed by atoms with van der Waals surface area (Å²) in [5, 5.41) is 2.10. The lowest BCUT2D eigenvalue weighted by molar-refractivity contribution is 0.0993. The number of nitrogens with one attached hydrogen (secondary N) is 2. The van der Waals surface area contributed by atoms with E-state index in [2.05, 4.69) is 15.0 Å². The monoisotopic (exact) mass is 289 g/mol. The summed E-state index contributed by atoms with van der Waals surface area (Å²) < 4.78 is 0. The molecule has 0 saturated heterocycles. The first-order valence-electron chi connectivity index (χ1n) is 7.24. The highest BCUT2D eigenvalue weighted by molar-refractivity contribution is 6.00. The van der Waals surface area contributed by atoms with Crippen LogP contribution in [0.3, 0.4) is 0 Å². The summed E-state index contributed by atoms with van der Waals surface area (Å²) in [6, 6.07) is 11.8. The van der Waals surface area contributed by atoms with Gasteiger partial charge in [-0.05, 0) is 48.9 Å². The van der Waals surface area contributed by atoms with E-state index >= 15 is 0 Å². The SMILES string of the molecule is Cc1cc2cc(CC(=O)c3ccc4[nH]ccc4c3)cnc2[nH]1. The zero-order valence-corrected chi connectivity index (χ0v) is 12.2. The Morgan fingerprint density at radius 1 is 1.14 bits per heavy atom. The Morgan fingerprint density at radius 3 is 2.95 bits per heavy atom. The van der Waals surface area contributed by atoms with Crippen LogP contribution < -0.4 is 0 Å². The Morgan fingerprint density at radius 2 is 2.05 bits per heavy atom. The van der Waals surface area contributed by atoms with Crippen molar-refractivity contribution in [2.24, 2.45) is 0 Å². The normalized spacial score (nSPS) is 11.3. The van der Waals surface area contributed by atoms with Gasteiger partial charge in [0.15, 0.2) is 5.78 Å². The van der Waals surface area contributed by atoms with Crippen LogP contribution in [0.15, 0.2) is 48.8 Å². The van der Waals surface area contributed by atoms with E-state index in [1.807, 2.05) is 49.5 Å². The largest absolute Gasteiger partial charge is 0.361 e. The molecular formula is C18H15N3O. The number of pyridine rings is 1. The first-order chi connectivity index (χ1) is 10.7. The van der Waals surface area contributed by atoms with Gasteiger partial charge in [0.05, 0.1) is 0 Å². The van der Waals surface area contributed by atoms with E-state index in [1.165, 1.54) is 0 Å². The van der Waals surface area contributed by atoms with Gasteiger partial charge in [-0.2, -0.15) is 0 Å². The third kappa shape index (κ3) is 2.19. The summed E-state index contributed by atoms with van der Waals surface area (Å²) in [5.41, 5.74) is 4.65. The third-order valence-corrected chi connectivity index (χ3v) is 3.90. The number of carbonyl (C=O) groups excluding carboxylic acids is 1. The lowest BCUT2D eigenvalue weighted by Crippen LogP contribution is -2.03. The van der Waals surface area contributed by atoms with Gasteiger partial charge in [0.25, 0.3) is 0 Å². The molecule has 0 atom stereocenters. The molecule has 0 radical (unpaired) electrons. The van der Waals surface area contributed by atoms with E-state index < -0.39 is 0 Å². The maximum Gasteiger partial charge on any atom is 0.167 e. The number of nitrogens with zero attached hydrogens (tertiary/aromatic N) is 1. The van der Waals surface area contributed by atoms with Crippen LogP contribution in [-0.4, -0.2) is 20.7 Å². The molecule has 3 heterocycles. The van der Waals surface area contributed by atoms with E-state index in [1.54, 1.807) is 6.20 Å². The topological polar surface area (TPSA) is 61.5 Å². The van der Waals surface area contributed by atoms with Gasteiger partial charge in [-0.1, -0.05) is 0 Å². The van der Waals surface area contributed by atoms with Crippen LogP contribution in [0, 0.1) is 6.92 Å². The Hall–Kier alpha value is -2.88. The number of carbonyl (C=O) groups is 1. The number of Topliss-reactive ketones (excluding diaryl/α,β-unsaturated/α-hetero) is 1. The summed E-state index contributed by atoms with van der Waals surface area (Å²) in [5.74, 6) is 0.108. The van der Waals surface area contributed by atoms with Gasteiger partial charge in [-0.25, -0.2) is 4.98 Å². The molecule has 0 spiro atoms. The predicted molar refractivity (Wildman–Crippen MR) is 87.2 cm³/mol. The number of aromatic nitrogens is 3. The van der Waals surface area contributed by atoms with Gasteiger partial charge in [0.1, 0.15) is 5.65 Å². The number of rotatable bonds is 3. The molecule has 22 heavy (non-hydrogen) atoms. The molecule has 3 aromatic heterocycles. The number of hydrogen-bond acceptors (Lipinski definition) is 2. The Kier molecular flexibility index (Phi) is 2.82. The highest BCUT2D eigenvalue weighted by atomic mass is 16.1. The molecule has 2 N–H and O–H groups in total. The van der Waals surface area contributed by atoms with Crippen LogP contribution in [-0.2, 0) is 6.42 Å². The van der Waals surface area contributed by atoms with E-state index in [0.717, 1.165) is 38.8 Å². The number of aromatic amines is 2. The Balaban J connectivity index is 1.64. The summed E-state index contributed by atoms with van der Waals surface area (Å²) >= 11 is 0. The van der Waals surface area contributed by atoms with Crippen molar-refractivity contribution in [1.29, 1.82) is 0 Å². The zero-order valence-electron chi connectivity index (χ0n) is 12.2. The summed E-state index contributed by atoms with van der Waals surface area (Å²) in [7, 11) is 0. The minimum Gasteiger partial charge on any atom is -0.361 e. The molecule has 0 saturated carbocycles. The Labute approximate surface area is 127 Å². The summed E-state index contributed by atoms with van der Waals surface area (Å²) in [6.45, 7) is 2.00. The fourth-order valence-corrected chi connectivity index (χ4v) is 2.81. The van der Waals surface area contributed by atoms with Gasteiger partial charge < -0.3 is 9.97 Å². The summed E-state index contributed by atoms with van der Waals surface area (Å²) in [6.07, 6.45) is 4.01. The average molecular weight is 289 g/mol. The molecule has 0 aliphatic heterocycles. The van der Waals surface area contributed by atoms with Gasteiger partial charge >= 0.3 is 0 Å². The smallest absolute Gasteiger partial charge is 0.167 e. The highest BCUT2D eigenvalue weighted by Gasteiger charge is 2.10. The maximum atomic E-state index is 12.5. The van der Waals surface area contributed by atoms with Crippen LogP contribution in [0.5, 0.6) is 0 Å². The first kappa shape index (κ1) is 12.8. The Bertz CT molecular complexity index is 994. The van der Waals surface area contributed by atoms with E-state index in [4.69, 9.17) is 0 Å². The van der Waals surface area contributed by atoms with Gasteiger partial charge in [0.2, 0.25) is 0 Å². The summed E-state index contributed by atoms with van der Waals surface area (Å²) in [4.78, 5) is 23.2. The van der Waals surface area contributed by atoms with Crippen molar-refractivity contribution in [2.45, 2.75) is 13.3 Å². The van der Waals surface area contributed by atoms with Crippen molar-refractivity contribution < 1.29 is 4.79 Å². The second kappa shape index (κ2) is 4.84. The molecule has 4 nitrogen and oxygen atoms in total. The fraction of sp³-hybridized carbons (Fsp3) is 0.111. The number of fused-ring (bicyclic) bond motifs is 2. The molecule has 0 aliphatic rings. The van der Waals surface area contributed by atoms with Crippen molar-refractivity contribution in [3.05, 3.63) is 65.6 Å². The van der Waals surface area contributed by atoms with Crippen LogP contribution in [0.4, 0.5) is 0 Å². The molecular weight excluding hydrogens is 274 g/mol. The predicted octanol–water partition coefficient (Wildman–Crippen LogP) is 3.78. The zero-order chi connectivity index (χ0) is 15.1. The third-order valence-electron chi connectivity index (χ3n) is 3.90. The van der Waals surface area contributed by atoms with Crippen LogP contribution >= 0.6 is 0 Å². The maximum absolute atomic E-state index is 12.5. The van der Waals surface area contributed by atoms with Crippen LogP contribution in [0.1, 0.15) is 21.6 Å². The molecule has 108 valence electrons. The van der Waals surface area contributed by atoms with Crippen molar-refractivity contribution in [3.8, 4) is 0 Å². The standard InChI is InChI=1S/C18H15N3O/c1-11-6-15-7-12(10-20-18(15)21-11)8-17(22)14-2-3-16-13(9-14)4-5-19-16/h2-7,9-10,19H,8H2,1H3,(H,20,21). The molecule has 0 fully saturated rings. The molecule has 0 aliphatic carbocycles. The van der Waals surface area contributed by atoms with Crippen molar-refractivity contribution in [3.63, 3.8) is 0 Å². The molecule has 0 bridgehead atoms. The lowest BCUT2D eigenvalue weighted by atomic mass is 10.0. The number of benzene rings is 1. The molecule has 4 aromatic rings. The number of H-pyrrole nitrogens is 2. The minimum absolute atomic E-state index is 0.108. The van der Waals surface area contributed by atoms with E-state index in [0.29, 0.717) is 6.42 Å². The quantitative estimate of drug-likeness (QED) is 0.564. The number of hydrogen-bond donors (Lipinski definition) is 2. The number of aryl methyl sites for hydroxylation is 1. The van der Waals surface area contributed by atoms with Gasteiger partial charge in [0, 0.05) is 46.4 Å². The second-order valence-corrected chi connectivity index (χ2v) is 5.61. The van der Waals surface area contributed by atoms with E-state index in [-0.39, 0.29) is 5.78 Å². The molecule has 0 unspecified atom stereocenters. The number of ketones is 1. The van der Waals surface area contributed by atoms with Crippen LogP contribution in [0.2, 0.25) is 0 Å². The second-order valence-electron chi connectivity index (χ2n) is 5.61. The fourth-order valence-electron chi connectivity index (χ4n) is 2.81. The minimum atomic E-state index is 0.108. The van der Waals surface area contributed by atoms with Crippen LogP contribution in [0.25, 0.3) is 21.9 Å². The van der Waals surface area contributed by atoms with Gasteiger partial charge in [-0.3, -0.25) is 4.79 Å². The van der Waals surface area contributed by atoms with E-state index in [9.17, 15) is 4.79 Å². The first-order valence-corrected chi connectivity index (χ1v) is 7.24. The van der Waals surface area contributed by atoms with Gasteiger partial charge in [-0.15, -0.1) is 0 Å². The molecule has 4 heteroatoms.